The van der Waals surface area contributed by atoms with Crippen molar-refractivity contribution >= 4 is 23.1 Å². The first-order chi connectivity index (χ1) is 16.9. The van der Waals surface area contributed by atoms with Crippen molar-refractivity contribution in [3.05, 3.63) is 86.6 Å². The standard InChI is InChI=1S/C29H29NO4S/c1-3-5-24(16-29(32)33)23-8-10-26(11-9-23)34-19-22-7-4-6-21(14-22)17-30-13-12-27-25(18-30)15-28(35-27)20(2)31/h4,6-11,14-15,24H,12-13,16-19H2,1-2H3,(H,32,33)/t24-/m0/s1. The number of hydrogen-bond donors (Lipinski definition) is 1. The highest BCUT2D eigenvalue weighted by Gasteiger charge is 2.20. The van der Waals surface area contributed by atoms with Gasteiger partial charge in [-0.15, -0.1) is 17.3 Å². The van der Waals surface area contributed by atoms with Gasteiger partial charge in [0.25, 0.3) is 0 Å². The molecule has 2 heterocycles. The van der Waals surface area contributed by atoms with Crippen LogP contribution in [0.4, 0.5) is 0 Å². The first-order valence-electron chi connectivity index (χ1n) is 11.7. The Morgan fingerprint density at radius 1 is 1.14 bits per heavy atom. The van der Waals surface area contributed by atoms with Crippen LogP contribution in [0, 0.1) is 11.8 Å². The summed E-state index contributed by atoms with van der Waals surface area (Å²) in [6.45, 7) is 6.53. The normalized spacial score (nSPS) is 13.9. The van der Waals surface area contributed by atoms with Gasteiger partial charge in [0.1, 0.15) is 12.4 Å². The number of nitrogens with zero attached hydrogens (tertiary/aromatic N) is 1. The van der Waals surface area contributed by atoms with Gasteiger partial charge in [0.05, 0.1) is 17.2 Å². The van der Waals surface area contributed by atoms with Gasteiger partial charge in [-0.25, -0.2) is 0 Å². The molecule has 0 saturated carbocycles. The van der Waals surface area contributed by atoms with Gasteiger partial charge in [0, 0.05) is 24.5 Å². The van der Waals surface area contributed by atoms with Crippen LogP contribution in [0.25, 0.3) is 0 Å². The molecule has 2 aromatic carbocycles. The highest BCUT2D eigenvalue weighted by molar-refractivity contribution is 7.14. The van der Waals surface area contributed by atoms with Crippen LogP contribution in [-0.2, 0) is 30.9 Å². The molecular weight excluding hydrogens is 458 g/mol. The highest BCUT2D eigenvalue weighted by Crippen LogP contribution is 2.29. The van der Waals surface area contributed by atoms with Crippen molar-refractivity contribution in [2.45, 2.75) is 52.3 Å². The van der Waals surface area contributed by atoms with E-state index in [1.807, 2.05) is 24.3 Å². The molecule has 1 N–H and O–H groups in total. The zero-order valence-corrected chi connectivity index (χ0v) is 20.9. The van der Waals surface area contributed by atoms with Crippen molar-refractivity contribution in [1.29, 1.82) is 0 Å². The number of Topliss-reactive ketones (excluding diaryl/α,β-unsaturated/α-hetero) is 1. The molecule has 3 aromatic rings. The fraction of sp³-hybridized carbons (Fsp3) is 0.310. The molecule has 1 atom stereocenters. The van der Waals surface area contributed by atoms with Gasteiger partial charge in [-0.2, -0.15) is 0 Å². The third-order valence-electron chi connectivity index (χ3n) is 6.08. The van der Waals surface area contributed by atoms with Crippen LogP contribution >= 0.6 is 11.3 Å². The van der Waals surface area contributed by atoms with Crippen molar-refractivity contribution in [2.24, 2.45) is 0 Å². The lowest BCUT2D eigenvalue weighted by molar-refractivity contribution is -0.137. The molecule has 0 aliphatic carbocycles. The average Bonchev–Trinajstić information content (AvgIpc) is 3.27. The Bertz CT molecular complexity index is 1270. The maximum atomic E-state index is 11.7. The lowest BCUT2D eigenvalue weighted by Crippen LogP contribution is -2.29. The zero-order chi connectivity index (χ0) is 24.8. The monoisotopic (exact) mass is 487 g/mol. The summed E-state index contributed by atoms with van der Waals surface area (Å²) in [6.07, 6.45) is 0.972. The molecule has 0 fully saturated rings. The Morgan fingerprint density at radius 3 is 2.63 bits per heavy atom. The number of benzene rings is 2. The van der Waals surface area contributed by atoms with Crippen molar-refractivity contribution in [2.75, 3.05) is 6.54 Å². The van der Waals surface area contributed by atoms with Gasteiger partial charge in [-0.3, -0.25) is 14.5 Å². The predicted molar refractivity (Wildman–Crippen MR) is 138 cm³/mol. The largest absolute Gasteiger partial charge is 0.489 e. The molecule has 1 aliphatic rings. The Hall–Kier alpha value is -3.40. The summed E-state index contributed by atoms with van der Waals surface area (Å²) < 4.78 is 5.99. The molecule has 0 bridgehead atoms. The van der Waals surface area contributed by atoms with E-state index in [-0.39, 0.29) is 18.1 Å². The number of hydrogen-bond acceptors (Lipinski definition) is 5. The van der Waals surface area contributed by atoms with Gasteiger partial charge >= 0.3 is 5.97 Å². The highest BCUT2D eigenvalue weighted by atomic mass is 32.1. The smallest absolute Gasteiger partial charge is 0.304 e. The van der Waals surface area contributed by atoms with Crippen LogP contribution in [0.15, 0.2) is 54.6 Å². The van der Waals surface area contributed by atoms with E-state index in [2.05, 4.69) is 47.1 Å². The molecule has 4 rings (SSSR count). The van der Waals surface area contributed by atoms with E-state index in [9.17, 15) is 9.59 Å². The molecule has 0 saturated heterocycles. The van der Waals surface area contributed by atoms with Crippen molar-refractivity contribution in [1.82, 2.24) is 4.90 Å². The fourth-order valence-corrected chi connectivity index (χ4v) is 5.40. The topological polar surface area (TPSA) is 66.8 Å². The second kappa shape index (κ2) is 11.4. The Kier molecular flexibility index (Phi) is 8.02. The van der Waals surface area contributed by atoms with E-state index in [0.29, 0.717) is 6.61 Å². The second-order valence-electron chi connectivity index (χ2n) is 8.80. The first-order valence-corrected chi connectivity index (χ1v) is 12.5. The number of ether oxygens (including phenoxy) is 1. The van der Waals surface area contributed by atoms with Crippen LogP contribution in [0.2, 0.25) is 0 Å². The molecule has 0 amide bonds. The maximum Gasteiger partial charge on any atom is 0.304 e. The Labute approximate surface area is 210 Å². The van der Waals surface area contributed by atoms with E-state index < -0.39 is 5.97 Å². The number of ketones is 1. The number of aliphatic carboxylic acids is 1. The number of thiophene rings is 1. The van der Waals surface area contributed by atoms with Gasteiger partial charge in [-0.05, 0) is 60.7 Å². The molecule has 180 valence electrons. The van der Waals surface area contributed by atoms with E-state index in [4.69, 9.17) is 9.84 Å². The summed E-state index contributed by atoms with van der Waals surface area (Å²) in [7, 11) is 0. The summed E-state index contributed by atoms with van der Waals surface area (Å²) in [5, 5.41) is 9.12. The molecule has 1 aromatic heterocycles. The van der Waals surface area contributed by atoms with E-state index in [0.717, 1.165) is 47.8 Å². The first kappa shape index (κ1) is 24.7. The quantitative estimate of drug-likeness (QED) is 0.311. The number of carbonyl (C=O) groups is 2. The summed E-state index contributed by atoms with van der Waals surface area (Å²) in [6, 6.07) is 18.0. The van der Waals surface area contributed by atoms with Crippen LogP contribution in [0.5, 0.6) is 5.75 Å². The van der Waals surface area contributed by atoms with Crippen molar-refractivity contribution in [3.8, 4) is 17.6 Å². The van der Waals surface area contributed by atoms with Crippen molar-refractivity contribution in [3.63, 3.8) is 0 Å². The van der Waals surface area contributed by atoms with Crippen LogP contribution in [-0.4, -0.2) is 28.3 Å². The van der Waals surface area contributed by atoms with Gasteiger partial charge in [0.15, 0.2) is 5.78 Å². The van der Waals surface area contributed by atoms with E-state index in [1.54, 1.807) is 25.2 Å². The second-order valence-corrected chi connectivity index (χ2v) is 9.94. The molecule has 35 heavy (non-hydrogen) atoms. The molecule has 6 heteroatoms. The number of carbonyl (C=O) groups excluding carboxylic acids is 1. The molecule has 0 unspecified atom stereocenters. The minimum absolute atomic E-state index is 0.0174. The predicted octanol–water partition coefficient (Wildman–Crippen LogP) is 5.67. The lowest BCUT2D eigenvalue weighted by atomic mass is 9.96. The minimum atomic E-state index is -0.862. The third kappa shape index (κ3) is 6.60. The van der Waals surface area contributed by atoms with Crippen LogP contribution < -0.4 is 4.74 Å². The van der Waals surface area contributed by atoms with E-state index >= 15 is 0 Å². The van der Waals surface area contributed by atoms with Gasteiger partial charge in [0.2, 0.25) is 0 Å². The molecular formula is C29H29NO4S. The zero-order valence-electron chi connectivity index (χ0n) is 20.0. The Morgan fingerprint density at radius 2 is 1.91 bits per heavy atom. The summed E-state index contributed by atoms with van der Waals surface area (Å²) >= 11 is 1.64. The lowest BCUT2D eigenvalue weighted by Gasteiger charge is -2.26. The van der Waals surface area contributed by atoms with Crippen LogP contribution in [0.3, 0.4) is 0 Å². The minimum Gasteiger partial charge on any atom is -0.489 e. The molecule has 1 aliphatic heterocycles. The maximum absolute atomic E-state index is 11.7. The Balaban J connectivity index is 1.34. The van der Waals surface area contributed by atoms with Gasteiger partial charge in [-0.1, -0.05) is 42.3 Å². The summed E-state index contributed by atoms with van der Waals surface area (Å²) in [5.41, 5.74) is 4.49. The average molecular weight is 488 g/mol. The molecule has 5 nitrogen and oxygen atoms in total. The number of rotatable bonds is 9. The number of carboxylic acid groups (broad SMARTS) is 1. The van der Waals surface area contributed by atoms with Gasteiger partial charge < -0.3 is 9.84 Å². The van der Waals surface area contributed by atoms with Crippen LogP contribution in [0.1, 0.15) is 63.0 Å². The summed E-state index contributed by atoms with van der Waals surface area (Å²) in [4.78, 5) is 27.4. The molecule has 0 radical (unpaired) electrons. The SMILES string of the molecule is CC#C[C@@H](CC(=O)O)c1ccc(OCc2cccc(CN3CCc4sc(C(C)=O)cc4C3)c2)cc1. The number of carboxylic acids is 1. The fourth-order valence-electron chi connectivity index (χ4n) is 4.34. The summed E-state index contributed by atoms with van der Waals surface area (Å²) in [5.74, 6) is 5.48. The van der Waals surface area contributed by atoms with E-state index in [1.165, 1.54) is 16.0 Å². The third-order valence-corrected chi connectivity index (χ3v) is 7.41. The number of fused-ring (bicyclic) bond motifs is 1. The molecule has 0 spiro atoms. The van der Waals surface area contributed by atoms with Crippen molar-refractivity contribution < 1.29 is 19.4 Å².